The molecule has 1 amide bonds. The predicted octanol–water partition coefficient (Wildman–Crippen LogP) is 2.56. The molecule has 1 aliphatic heterocycles. The van der Waals surface area contributed by atoms with Crippen LogP contribution >= 0.6 is 0 Å². The van der Waals surface area contributed by atoms with Crippen LogP contribution in [0.2, 0.25) is 0 Å². The van der Waals surface area contributed by atoms with Crippen LogP contribution in [0.4, 0.5) is 4.39 Å². The summed E-state index contributed by atoms with van der Waals surface area (Å²) in [6, 6.07) is 4.56. The van der Waals surface area contributed by atoms with Crippen LogP contribution in [-0.2, 0) is 0 Å². The number of hydrogen-bond acceptors (Lipinski definition) is 4. The molecular weight excluding hydrogens is 313 g/mol. The average molecular weight is 337 g/mol. The van der Waals surface area contributed by atoms with Crippen molar-refractivity contribution in [1.29, 1.82) is 0 Å². The molecule has 3 rings (SSSR count). The standard InChI is InChI=1S/C18H24FNO4/c1-23-16-7-6-12(8-17(16)24-15-4-2-3-5-15)18(22)20-10-13(19)9-14(20)11-21/h6-8,13-15,21H,2-5,9-11H2,1H3/t13-,14-/m0/s1. The highest BCUT2D eigenvalue weighted by Gasteiger charge is 2.35. The topological polar surface area (TPSA) is 59.0 Å². The van der Waals surface area contributed by atoms with Gasteiger partial charge in [0.25, 0.3) is 5.91 Å². The van der Waals surface area contributed by atoms with Gasteiger partial charge in [-0.15, -0.1) is 0 Å². The van der Waals surface area contributed by atoms with Crippen molar-refractivity contribution in [3.8, 4) is 11.5 Å². The Morgan fingerprint density at radius 3 is 2.75 bits per heavy atom. The Hall–Kier alpha value is -1.82. The maximum absolute atomic E-state index is 13.6. The second-order valence-corrected chi connectivity index (χ2v) is 6.52. The largest absolute Gasteiger partial charge is 0.493 e. The maximum atomic E-state index is 13.6. The minimum absolute atomic E-state index is 0.0227. The van der Waals surface area contributed by atoms with E-state index in [1.54, 1.807) is 25.3 Å². The fourth-order valence-corrected chi connectivity index (χ4v) is 3.53. The van der Waals surface area contributed by atoms with Gasteiger partial charge in [-0.2, -0.15) is 0 Å². The normalized spacial score (nSPS) is 24.4. The Balaban J connectivity index is 1.81. The van der Waals surface area contributed by atoms with Crippen LogP contribution in [0.15, 0.2) is 18.2 Å². The summed E-state index contributed by atoms with van der Waals surface area (Å²) in [6.07, 6.45) is 3.55. The first kappa shape index (κ1) is 17.0. The molecule has 2 aliphatic rings. The summed E-state index contributed by atoms with van der Waals surface area (Å²) in [5.74, 6) is 0.849. The van der Waals surface area contributed by atoms with Gasteiger partial charge in [0, 0.05) is 12.0 Å². The molecule has 1 N–H and O–H groups in total. The number of aliphatic hydroxyl groups excluding tert-OH is 1. The van der Waals surface area contributed by atoms with E-state index in [9.17, 15) is 14.3 Å². The lowest BCUT2D eigenvalue weighted by molar-refractivity contribution is 0.0672. The van der Waals surface area contributed by atoms with E-state index < -0.39 is 12.2 Å². The van der Waals surface area contributed by atoms with Crippen LogP contribution in [0.3, 0.4) is 0 Å². The molecule has 0 radical (unpaired) electrons. The number of carbonyl (C=O) groups excluding carboxylic acids is 1. The number of benzene rings is 1. The summed E-state index contributed by atoms with van der Waals surface area (Å²) in [4.78, 5) is 14.1. The Kier molecular flexibility index (Phi) is 5.23. The third kappa shape index (κ3) is 3.48. The van der Waals surface area contributed by atoms with Gasteiger partial charge < -0.3 is 19.5 Å². The SMILES string of the molecule is COc1ccc(C(=O)N2C[C@@H](F)C[C@H]2CO)cc1OC1CCCC1. The second-order valence-electron chi connectivity index (χ2n) is 6.52. The number of nitrogens with zero attached hydrogens (tertiary/aromatic N) is 1. The van der Waals surface area contributed by atoms with E-state index in [4.69, 9.17) is 9.47 Å². The molecule has 132 valence electrons. The van der Waals surface area contributed by atoms with E-state index in [2.05, 4.69) is 0 Å². The zero-order chi connectivity index (χ0) is 17.1. The van der Waals surface area contributed by atoms with E-state index in [1.165, 1.54) is 4.90 Å². The molecule has 1 heterocycles. The van der Waals surface area contributed by atoms with E-state index in [0.29, 0.717) is 17.1 Å². The Morgan fingerprint density at radius 1 is 1.33 bits per heavy atom. The zero-order valence-electron chi connectivity index (χ0n) is 13.9. The number of alkyl halides is 1. The third-order valence-electron chi connectivity index (χ3n) is 4.84. The Bertz CT molecular complexity index is 588. The fraction of sp³-hybridized carbons (Fsp3) is 0.611. The summed E-state index contributed by atoms with van der Waals surface area (Å²) >= 11 is 0. The lowest BCUT2D eigenvalue weighted by Crippen LogP contribution is -2.37. The first-order valence-corrected chi connectivity index (χ1v) is 8.53. The van der Waals surface area contributed by atoms with Gasteiger partial charge >= 0.3 is 0 Å². The molecule has 0 aromatic heterocycles. The molecular formula is C18H24FNO4. The smallest absolute Gasteiger partial charge is 0.254 e. The average Bonchev–Trinajstić information content (AvgIpc) is 3.23. The summed E-state index contributed by atoms with van der Waals surface area (Å²) in [7, 11) is 1.56. The summed E-state index contributed by atoms with van der Waals surface area (Å²) in [5.41, 5.74) is 0.427. The van der Waals surface area contributed by atoms with Gasteiger partial charge in [0.2, 0.25) is 0 Å². The molecule has 0 unspecified atom stereocenters. The van der Waals surface area contributed by atoms with Crippen molar-refractivity contribution in [2.75, 3.05) is 20.3 Å². The van der Waals surface area contributed by atoms with Crippen molar-refractivity contribution in [3.63, 3.8) is 0 Å². The maximum Gasteiger partial charge on any atom is 0.254 e. The first-order chi connectivity index (χ1) is 11.6. The van der Waals surface area contributed by atoms with Crippen LogP contribution in [0, 0.1) is 0 Å². The van der Waals surface area contributed by atoms with Crippen LogP contribution in [0.5, 0.6) is 11.5 Å². The minimum Gasteiger partial charge on any atom is -0.493 e. The van der Waals surface area contributed by atoms with Gasteiger partial charge in [0.05, 0.1) is 32.4 Å². The van der Waals surface area contributed by atoms with Gasteiger partial charge in [-0.3, -0.25) is 4.79 Å². The number of rotatable bonds is 5. The minimum atomic E-state index is -1.08. The van der Waals surface area contributed by atoms with Crippen molar-refractivity contribution in [2.45, 2.75) is 50.4 Å². The van der Waals surface area contributed by atoms with Gasteiger partial charge in [-0.1, -0.05) is 0 Å². The quantitative estimate of drug-likeness (QED) is 0.897. The second kappa shape index (κ2) is 7.38. The molecule has 6 heteroatoms. The summed E-state index contributed by atoms with van der Waals surface area (Å²) in [6.45, 7) is -0.206. The number of ether oxygens (including phenoxy) is 2. The molecule has 0 spiro atoms. The highest BCUT2D eigenvalue weighted by Crippen LogP contribution is 2.33. The van der Waals surface area contributed by atoms with E-state index in [0.717, 1.165) is 25.7 Å². The zero-order valence-corrected chi connectivity index (χ0v) is 13.9. The molecule has 1 saturated heterocycles. The molecule has 0 bridgehead atoms. The number of carbonyl (C=O) groups is 1. The van der Waals surface area contributed by atoms with E-state index in [1.807, 2.05) is 0 Å². The van der Waals surface area contributed by atoms with Gasteiger partial charge in [0.1, 0.15) is 6.17 Å². The molecule has 1 aromatic carbocycles. The van der Waals surface area contributed by atoms with E-state index >= 15 is 0 Å². The third-order valence-corrected chi connectivity index (χ3v) is 4.84. The Labute approximate surface area is 141 Å². The van der Waals surface area contributed by atoms with Gasteiger partial charge in [-0.05, 0) is 43.9 Å². The predicted molar refractivity (Wildman–Crippen MR) is 87.3 cm³/mol. The molecule has 1 aliphatic carbocycles. The van der Waals surface area contributed by atoms with Crippen LogP contribution in [-0.4, -0.2) is 54.5 Å². The van der Waals surface area contributed by atoms with Gasteiger partial charge in [0.15, 0.2) is 11.5 Å². The highest BCUT2D eigenvalue weighted by atomic mass is 19.1. The van der Waals surface area contributed by atoms with Crippen molar-refractivity contribution in [1.82, 2.24) is 4.90 Å². The molecule has 1 saturated carbocycles. The van der Waals surface area contributed by atoms with Crippen molar-refractivity contribution in [2.24, 2.45) is 0 Å². The van der Waals surface area contributed by atoms with E-state index in [-0.39, 0.29) is 31.6 Å². The summed E-state index contributed by atoms with van der Waals surface area (Å²) in [5, 5.41) is 9.37. The van der Waals surface area contributed by atoms with Crippen LogP contribution < -0.4 is 9.47 Å². The molecule has 2 fully saturated rings. The van der Waals surface area contributed by atoms with Crippen molar-refractivity contribution in [3.05, 3.63) is 23.8 Å². The number of aliphatic hydroxyl groups is 1. The number of hydrogen-bond donors (Lipinski definition) is 1. The molecule has 2 atom stereocenters. The fourth-order valence-electron chi connectivity index (χ4n) is 3.53. The lowest BCUT2D eigenvalue weighted by Gasteiger charge is -2.23. The Morgan fingerprint density at radius 2 is 2.08 bits per heavy atom. The summed E-state index contributed by atoms with van der Waals surface area (Å²) < 4.78 is 24.9. The van der Waals surface area contributed by atoms with Crippen LogP contribution in [0.1, 0.15) is 42.5 Å². The number of methoxy groups -OCH3 is 1. The first-order valence-electron chi connectivity index (χ1n) is 8.53. The van der Waals surface area contributed by atoms with Crippen molar-refractivity contribution >= 4 is 5.91 Å². The van der Waals surface area contributed by atoms with Gasteiger partial charge in [-0.25, -0.2) is 4.39 Å². The van der Waals surface area contributed by atoms with Crippen LogP contribution in [0.25, 0.3) is 0 Å². The highest BCUT2D eigenvalue weighted by molar-refractivity contribution is 5.95. The molecule has 1 aromatic rings. The number of amides is 1. The number of likely N-dealkylation sites (tertiary alicyclic amines) is 1. The number of halogens is 1. The van der Waals surface area contributed by atoms with Crippen molar-refractivity contribution < 1.29 is 23.8 Å². The molecule has 5 nitrogen and oxygen atoms in total. The molecule has 24 heavy (non-hydrogen) atoms. The lowest BCUT2D eigenvalue weighted by atomic mass is 10.1. The monoisotopic (exact) mass is 337 g/mol.